The van der Waals surface area contributed by atoms with Gasteiger partial charge in [-0.3, -0.25) is 9.59 Å². The Bertz CT molecular complexity index is 210. The molecule has 0 aromatic heterocycles. The van der Waals surface area contributed by atoms with Gasteiger partial charge in [-0.1, -0.05) is 0 Å². The van der Waals surface area contributed by atoms with Gasteiger partial charge in [-0.2, -0.15) is 0 Å². The van der Waals surface area contributed by atoms with Crippen molar-refractivity contribution in [3.05, 3.63) is 0 Å². The SMILES string of the molecule is CC(=O)N[C@@H](C)C(=O)N1CCCC1. The van der Waals surface area contributed by atoms with Crippen LogP contribution in [-0.4, -0.2) is 35.8 Å². The molecule has 0 spiro atoms. The molecule has 0 aliphatic carbocycles. The molecule has 74 valence electrons. The Balaban J connectivity index is 2.41. The molecule has 1 N–H and O–H groups in total. The Morgan fingerprint density at radius 1 is 1.31 bits per heavy atom. The van der Waals surface area contributed by atoms with Gasteiger partial charge >= 0.3 is 0 Å². The minimum Gasteiger partial charge on any atom is -0.345 e. The van der Waals surface area contributed by atoms with E-state index in [-0.39, 0.29) is 17.9 Å². The summed E-state index contributed by atoms with van der Waals surface area (Å²) in [4.78, 5) is 24.1. The summed E-state index contributed by atoms with van der Waals surface area (Å²) in [5.41, 5.74) is 0. The molecule has 1 rings (SSSR count). The van der Waals surface area contributed by atoms with E-state index in [9.17, 15) is 9.59 Å². The zero-order valence-corrected chi connectivity index (χ0v) is 8.17. The molecule has 0 unspecified atom stereocenters. The summed E-state index contributed by atoms with van der Waals surface area (Å²) in [5, 5.41) is 2.59. The molecule has 1 atom stereocenters. The first kappa shape index (κ1) is 10.0. The second-order valence-corrected chi connectivity index (χ2v) is 3.45. The normalized spacial score (nSPS) is 18.5. The second-order valence-electron chi connectivity index (χ2n) is 3.45. The van der Waals surface area contributed by atoms with Crippen LogP contribution in [0.5, 0.6) is 0 Å². The predicted molar refractivity (Wildman–Crippen MR) is 49.1 cm³/mol. The molecule has 1 heterocycles. The van der Waals surface area contributed by atoms with Crippen molar-refractivity contribution in [2.24, 2.45) is 0 Å². The van der Waals surface area contributed by atoms with Crippen LogP contribution in [0, 0.1) is 0 Å². The predicted octanol–water partition coefficient (Wildman–Crippen LogP) is 0.133. The molecule has 4 heteroatoms. The van der Waals surface area contributed by atoms with Gasteiger partial charge in [0.05, 0.1) is 0 Å². The highest BCUT2D eigenvalue weighted by molar-refractivity contribution is 5.86. The molecule has 1 aliphatic rings. The number of hydrogen-bond donors (Lipinski definition) is 1. The van der Waals surface area contributed by atoms with E-state index in [1.165, 1.54) is 6.92 Å². The van der Waals surface area contributed by atoms with E-state index in [1.54, 1.807) is 11.8 Å². The summed E-state index contributed by atoms with van der Waals surface area (Å²) >= 11 is 0. The smallest absolute Gasteiger partial charge is 0.244 e. The molecule has 1 fully saturated rings. The summed E-state index contributed by atoms with van der Waals surface area (Å²) in [7, 11) is 0. The largest absolute Gasteiger partial charge is 0.345 e. The van der Waals surface area contributed by atoms with Crippen molar-refractivity contribution in [1.82, 2.24) is 10.2 Å². The summed E-state index contributed by atoms with van der Waals surface area (Å²) in [5.74, 6) is -0.118. The molecular weight excluding hydrogens is 168 g/mol. The third kappa shape index (κ3) is 2.72. The molecule has 1 aliphatic heterocycles. The number of carbonyl (C=O) groups excluding carboxylic acids is 2. The van der Waals surface area contributed by atoms with Crippen molar-refractivity contribution in [3.8, 4) is 0 Å². The molecule has 13 heavy (non-hydrogen) atoms. The third-order valence-corrected chi connectivity index (χ3v) is 2.21. The highest BCUT2D eigenvalue weighted by Gasteiger charge is 2.23. The number of nitrogens with one attached hydrogen (secondary N) is 1. The average Bonchev–Trinajstić information content (AvgIpc) is 2.53. The van der Waals surface area contributed by atoms with E-state index in [0.29, 0.717) is 0 Å². The summed E-state index contributed by atoms with van der Waals surface area (Å²) < 4.78 is 0. The second kappa shape index (κ2) is 4.25. The number of hydrogen-bond acceptors (Lipinski definition) is 2. The lowest BCUT2D eigenvalue weighted by molar-refractivity contribution is -0.134. The van der Waals surface area contributed by atoms with E-state index in [1.807, 2.05) is 0 Å². The summed E-state index contributed by atoms with van der Waals surface area (Å²) in [6.07, 6.45) is 2.16. The van der Waals surface area contributed by atoms with Gasteiger partial charge < -0.3 is 10.2 Å². The van der Waals surface area contributed by atoms with Crippen LogP contribution >= 0.6 is 0 Å². The maximum absolute atomic E-state index is 11.6. The Morgan fingerprint density at radius 3 is 2.31 bits per heavy atom. The van der Waals surface area contributed by atoms with Crippen molar-refractivity contribution in [3.63, 3.8) is 0 Å². The fourth-order valence-corrected chi connectivity index (χ4v) is 1.58. The highest BCUT2D eigenvalue weighted by atomic mass is 16.2. The molecule has 0 radical (unpaired) electrons. The van der Waals surface area contributed by atoms with Crippen LogP contribution in [0.3, 0.4) is 0 Å². The molecule has 1 saturated heterocycles. The molecule has 0 aromatic carbocycles. The molecule has 4 nitrogen and oxygen atoms in total. The minimum absolute atomic E-state index is 0.0349. The number of nitrogens with zero attached hydrogens (tertiary/aromatic N) is 1. The molecule has 0 bridgehead atoms. The number of amides is 2. The molecule has 0 aromatic rings. The van der Waals surface area contributed by atoms with Crippen LogP contribution in [0.25, 0.3) is 0 Å². The minimum atomic E-state index is -0.379. The van der Waals surface area contributed by atoms with Crippen LogP contribution in [0.15, 0.2) is 0 Å². The number of rotatable bonds is 2. The van der Waals surface area contributed by atoms with Gasteiger partial charge in [0.25, 0.3) is 0 Å². The van der Waals surface area contributed by atoms with E-state index < -0.39 is 0 Å². The lowest BCUT2D eigenvalue weighted by atomic mass is 10.3. The highest BCUT2D eigenvalue weighted by Crippen LogP contribution is 2.08. The van der Waals surface area contributed by atoms with Gasteiger partial charge in [0.15, 0.2) is 0 Å². The summed E-state index contributed by atoms with van der Waals surface area (Å²) in [6, 6.07) is -0.379. The first-order chi connectivity index (χ1) is 6.11. The maximum atomic E-state index is 11.6. The van der Waals surface area contributed by atoms with Gasteiger partial charge in [-0.15, -0.1) is 0 Å². The van der Waals surface area contributed by atoms with Crippen molar-refractivity contribution in [2.45, 2.75) is 32.7 Å². The van der Waals surface area contributed by atoms with Crippen molar-refractivity contribution < 1.29 is 9.59 Å². The van der Waals surface area contributed by atoms with Crippen LogP contribution in [0.2, 0.25) is 0 Å². The van der Waals surface area contributed by atoms with Crippen LogP contribution in [0.1, 0.15) is 26.7 Å². The average molecular weight is 184 g/mol. The van der Waals surface area contributed by atoms with E-state index >= 15 is 0 Å². The van der Waals surface area contributed by atoms with Crippen molar-refractivity contribution in [1.29, 1.82) is 0 Å². The van der Waals surface area contributed by atoms with Crippen LogP contribution in [0.4, 0.5) is 0 Å². The fraction of sp³-hybridized carbons (Fsp3) is 0.778. The lowest BCUT2D eigenvalue weighted by Crippen LogP contribution is -2.45. The Morgan fingerprint density at radius 2 is 1.85 bits per heavy atom. The number of likely N-dealkylation sites (tertiary alicyclic amines) is 1. The van der Waals surface area contributed by atoms with Crippen molar-refractivity contribution in [2.75, 3.05) is 13.1 Å². The van der Waals surface area contributed by atoms with Gasteiger partial charge in [-0.25, -0.2) is 0 Å². The van der Waals surface area contributed by atoms with Gasteiger partial charge in [0.2, 0.25) is 11.8 Å². The standard InChI is InChI=1S/C9H16N2O2/c1-7(10-8(2)12)9(13)11-5-3-4-6-11/h7H,3-6H2,1-2H3,(H,10,12)/t7-/m0/s1. The Kier molecular flexibility index (Phi) is 3.28. The first-order valence-corrected chi connectivity index (χ1v) is 4.67. The zero-order valence-electron chi connectivity index (χ0n) is 8.17. The monoisotopic (exact) mass is 184 g/mol. The van der Waals surface area contributed by atoms with Crippen LogP contribution in [-0.2, 0) is 9.59 Å². The first-order valence-electron chi connectivity index (χ1n) is 4.67. The third-order valence-electron chi connectivity index (χ3n) is 2.21. The van der Waals surface area contributed by atoms with Crippen molar-refractivity contribution >= 4 is 11.8 Å². The Labute approximate surface area is 78.3 Å². The fourth-order valence-electron chi connectivity index (χ4n) is 1.58. The van der Waals surface area contributed by atoms with Gasteiger partial charge in [0, 0.05) is 20.0 Å². The van der Waals surface area contributed by atoms with E-state index in [0.717, 1.165) is 25.9 Å². The van der Waals surface area contributed by atoms with E-state index in [2.05, 4.69) is 5.32 Å². The zero-order chi connectivity index (χ0) is 9.84. The number of carbonyl (C=O) groups is 2. The molecular formula is C9H16N2O2. The molecule has 2 amide bonds. The summed E-state index contributed by atoms with van der Waals surface area (Å²) in [6.45, 7) is 4.82. The molecule has 0 saturated carbocycles. The van der Waals surface area contributed by atoms with Gasteiger partial charge in [0.1, 0.15) is 6.04 Å². The topological polar surface area (TPSA) is 49.4 Å². The quantitative estimate of drug-likeness (QED) is 0.663. The van der Waals surface area contributed by atoms with E-state index in [4.69, 9.17) is 0 Å². The Hall–Kier alpha value is -1.06. The maximum Gasteiger partial charge on any atom is 0.244 e. The lowest BCUT2D eigenvalue weighted by Gasteiger charge is -2.20. The van der Waals surface area contributed by atoms with Gasteiger partial charge in [-0.05, 0) is 19.8 Å². The van der Waals surface area contributed by atoms with Crippen LogP contribution < -0.4 is 5.32 Å².